The summed E-state index contributed by atoms with van der Waals surface area (Å²) in [6.07, 6.45) is 2.74. The first-order valence-corrected chi connectivity index (χ1v) is 7.26. The Morgan fingerprint density at radius 1 is 1.48 bits per heavy atom. The molecule has 112 valence electrons. The molecule has 6 heteroatoms. The summed E-state index contributed by atoms with van der Waals surface area (Å²) in [5, 5.41) is 11.7. The molecule has 0 aliphatic heterocycles. The fourth-order valence-electron chi connectivity index (χ4n) is 2.86. The second kappa shape index (κ2) is 4.98. The highest BCUT2D eigenvalue weighted by molar-refractivity contribution is 6.30. The van der Waals surface area contributed by atoms with Gasteiger partial charge in [0.05, 0.1) is 17.5 Å². The molecule has 1 spiro atoms. The van der Waals surface area contributed by atoms with E-state index in [1.807, 2.05) is 0 Å². The third kappa shape index (κ3) is 2.88. The molecule has 1 aromatic rings. The molecule has 2 aliphatic rings. The molecule has 1 aromatic carbocycles. The standard InChI is InChI=1S/C15H15ClFNO3/c16-10-2-1-8(5-11(10)17)12(6-13(19)20)18-14(21)9-7-15(9)3-4-15/h1-2,5,9,12H,3-4,6-7H2,(H,18,21)(H,19,20). The van der Waals surface area contributed by atoms with Crippen LogP contribution < -0.4 is 5.32 Å². The monoisotopic (exact) mass is 311 g/mol. The van der Waals surface area contributed by atoms with Crippen molar-refractivity contribution in [2.45, 2.75) is 31.7 Å². The van der Waals surface area contributed by atoms with Crippen LogP contribution in [-0.4, -0.2) is 17.0 Å². The summed E-state index contributed by atoms with van der Waals surface area (Å²) >= 11 is 5.62. The van der Waals surface area contributed by atoms with Crippen molar-refractivity contribution in [3.8, 4) is 0 Å². The van der Waals surface area contributed by atoms with Crippen LogP contribution in [0.4, 0.5) is 4.39 Å². The zero-order chi connectivity index (χ0) is 15.2. The van der Waals surface area contributed by atoms with Crippen molar-refractivity contribution < 1.29 is 19.1 Å². The first kappa shape index (κ1) is 14.3. The third-order valence-electron chi connectivity index (χ3n) is 4.44. The fraction of sp³-hybridized carbons (Fsp3) is 0.467. The fourth-order valence-corrected chi connectivity index (χ4v) is 2.98. The largest absolute Gasteiger partial charge is 0.481 e. The lowest BCUT2D eigenvalue weighted by molar-refractivity contribution is -0.137. The first-order valence-electron chi connectivity index (χ1n) is 6.88. The van der Waals surface area contributed by atoms with Gasteiger partial charge in [-0.15, -0.1) is 0 Å². The Hall–Kier alpha value is -1.62. The van der Waals surface area contributed by atoms with Crippen molar-refractivity contribution in [1.29, 1.82) is 0 Å². The van der Waals surface area contributed by atoms with Gasteiger partial charge in [-0.3, -0.25) is 9.59 Å². The average Bonchev–Trinajstić information content (AvgIpc) is 3.32. The Bertz CT molecular complexity index is 615. The van der Waals surface area contributed by atoms with Gasteiger partial charge in [0, 0.05) is 5.92 Å². The van der Waals surface area contributed by atoms with E-state index in [-0.39, 0.29) is 28.7 Å². The molecule has 0 heterocycles. The molecule has 2 saturated carbocycles. The second-order valence-corrected chi connectivity index (χ2v) is 6.36. The summed E-state index contributed by atoms with van der Waals surface area (Å²) in [6.45, 7) is 0. The van der Waals surface area contributed by atoms with Crippen molar-refractivity contribution in [2.24, 2.45) is 11.3 Å². The normalized spacial score (nSPS) is 22.7. The van der Waals surface area contributed by atoms with Crippen molar-refractivity contribution in [1.82, 2.24) is 5.32 Å². The Balaban J connectivity index is 1.75. The number of aliphatic carboxylic acids is 1. The van der Waals surface area contributed by atoms with Crippen LogP contribution in [0.15, 0.2) is 18.2 Å². The zero-order valence-electron chi connectivity index (χ0n) is 11.2. The van der Waals surface area contributed by atoms with Crippen LogP contribution in [0, 0.1) is 17.2 Å². The van der Waals surface area contributed by atoms with Gasteiger partial charge in [0.1, 0.15) is 5.82 Å². The van der Waals surface area contributed by atoms with Gasteiger partial charge in [-0.05, 0) is 42.4 Å². The maximum Gasteiger partial charge on any atom is 0.305 e. The summed E-state index contributed by atoms with van der Waals surface area (Å²) < 4.78 is 13.5. The Labute approximate surface area is 126 Å². The Kier molecular flexibility index (Phi) is 3.40. The van der Waals surface area contributed by atoms with E-state index in [1.54, 1.807) is 6.07 Å². The SMILES string of the molecule is O=C(O)CC(NC(=O)C1CC12CC2)c1ccc(Cl)c(F)c1. The van der Waals surface area contributed by atoms with Crippen molar-refractivity contribution in [3.05, 3.63) is 34.6 Å². The smallest absolute Gasteiger partial charge is 0.305 e. The van der Waals surface area contributed by atoms with E-state index in [0.29, 0.717) is 5.56 Å². The van der Waals surface area contributed by atoms with Gasteiger partial charge in [-0.1, -0.05) is 17.7 Å². The topological polar surface area (TPSA) is 66.4 Å². The van der Waals surface area contributed by atoms with Crippen LogP contribution in [0.1, 0.15) is 37.3 Å². The Morgan fingerprint density at radius 3 is 2.71 bits per heavy atom. The maximum atomic E-state index is 13.5. The minimum Gasteiger partial charge on any atom is -0.481 e. The predicted octanol–water partition coefficient (Wildman–Crippen LogP) is 2.91. The molecule has 2 N–H and O–H groups in total. The van der Waals surface area contributed by atoms with E-state index >= 15 is 0 Å². The van der Waals surface area contributed by atoms with Gasteiger partial charge in [-0.2, -0.15) is 0 Å². The van der Waals surface area contributed by atoms with E-state index < -0.39 is 17.8 Å². The van der Waals surface area contributed by atoms with Gasteiger partial charge in [0.2, 0.25) is 5.91 Å². The van der Waals surface area contributed by atoms with Crippen LogP contribution in [0.5, 0.6) is 0 Å². The van der Waals surface area contributed by atoms with Crippen molar-refractivity contribution in [3.63, 3.8) is 0 Å². The molecule has 0 aromatic heterocycles. The molecule has 2 aliphatic carbocycles. The minimum atomic E-state index is -1.05. The minimum absolute atomic E-state index is 0.00839. The summed E-state index contributed by atoms with van der Waals surface area (Å²) in [5.74, 6) is -1.81. The molecule has 3 rings (SSSR count). The van der Waals surface area contributed by atoms with Crippen molar-refractivity contribution in [2.75, 3.05) is 0 Å². The molecule has 2 atom stereocenters. The number of nitrogens with one attached hydrogen (secondary N) is 1. The number of rotatable bonds is 5. The number of amides is 1. The molecular formula is C15H15ClFNO3. The van der Waals surface area contributed by atoms with Crippen LogP contribution in [0.3, 0.4) is 0 Å². The van der Waals surface area contributed by atoms with Gasteiger partial charge < -0.3 is 10.4 Å². The van der Waals surface area contributed by atoms with E-state index in [2.05, 4.69) is 5.32 Å². The highest BCUT2D eigenvalue weighted by atomic mass is 35.5. The molecule has 2 fully saturated rings. The van der Waals surface area contributed by atoms with Crippen LogP contribution in [0.25, 0.3) is 0 Å². The number of carbonyl (C=O) groups is 2. The van der Waals surface area contributed by atoms with Gasteiger partial charge >= 0.3 is 5.97 Å². The second-order valence-electron chi connectivity index (χ2n) is 5.95. The molecule has 1 amide bonds. The van der Waals surface area contributed by atoms with Crippen LogP contribution in [0.2, 0.25) is 5.02 Å². The number of carboxylic acids is 1. The summed E-state index contributed by atoms with van der Waals surface area (Å²) in [4.78, 5) is 23.1. The maximum absolute atomic E-state index is 13.5. The highest BCUT2D eigenvalue weighted by Gasteiger charge is 2.65. The molecule has 21 heavy (non-hydrogen) atoms. The number of benzene rings is 1. The number of hydrogen-bond acceptors (Lipinski definition) is 2. The Morgan fingerprint density at radius 2 is 2.19 bits per heavy atom. The highest BCUT2D eigenvalue weighted by Crippen LogP contribution is 2.70. The third-order valence-corrected chi connectivity index (χ3v) is 4.75. The van der Waals surface area contributed by atoms with E-state index in [0.717, 1.165) is 19.3 Å². The lowest BCUT2D eigenvalue weighted by atomic mass is 10.0. The van der Waals surface area contributed by atoms with Gasteiger partial charge in [-0.25, -0.2) is 4.39 Å². The molecule has 0 radical (unpaired) electrons. The van der Waals surface area contributed by atoms with E-state index in [9.17, 15) is 14.0 Å². The van der Waals surface area contributed by atoms with Crippen molar-refractivity contribution >= 4 is 23.5 Å². The lowest BCUT2D eigenvalue weighted by Crippen LogP contribution is -2.32. The zero-order valence-corrected chi connectivity index (χ0v) is 12.0. The molecule has 0 bridgehead atoms. The molecule has 0 saturated heterocycles. The van der Waals surface area contributed by atoms with Crippen LogP contribution >= 0.6 is 11.6 Å². The number of halogens is 2. The molecule has 2 unspecified atom stereocenters. The number of hydrogen-bond donors (Lipinski definition) is 2. The summed E-state index contributed by atoms with van der Waals surface area (Å²) in [5.41, 5.74) is 0.612. The van der Waals surface area contributed by atoms with Crippen LogP contribution in [-0.2, 0) is 9.59 Å². The molecular weight excluding hydrogens is 297 g/mol. The van der Waals surface area contributed by atoms with Gasteiger partial charge in [0.15, 0.2) is 0 Å². The predicted molar refractivity (Wildman–Crippen MR) is 74.3 cm³/mol. The number of carbonyl (C=O) groups excluding carboxylic acids is 1. The summed E-state index contributed by atoms with van der Waals surface area (Å²) in [6, 6.07) is 3.35. The first-order chi connectivity index (χ1) is 9.91. The average molecular weight is 312 g/mol. The van der Waals surface area contributed by atoms with Gasteiger partial charge in [0.25, 0.3) is 0 Å². The summed E-state index contributed by atoms with van der Waals surface area (Å²) in [7, 11) is 0. The van der Waals surface area contributed by atoms with E-state index in [4.69, 9.17) is 16.7 Å². The lowest BCUT2D eigenvalue weighted by Gasteiger charge is -2.18. The van der Waals surface area contributed by atoms with E-state index in [1.165, 1.54) is 12.1 Å². The number of carboxylic acid groups (broad SMARTS) is 1. The quantitative estimate of drug-likeness (QED) is 0.878. The molecule has 4 nitrogen and oxygen atoms in total.